The maximum Gasteiger partial charge on any atom is 0.336 e. The standard InChI is InChI=1S/C12H7F2NO2/c13-7-1-2-8(11(14)5-7)10-6-15-4-3-9(10)12(16)17/h1-6H,(H,16,17). The van der Waals surface area contributed by atoms with Crippen LogP contribution in [-0.2, 0) is 0 Å². The number of carboxylic acids is 1. The van der Waals surface area contributed by atoms with Crippen molar-refractivity contribution < 1.29 is 18.7 Å². The number of benzene rings is 1. The number of hydrogen-bond donors (Lipinski definition) is 1. The number of halogens is 2. The summed E-state index contributed by atoms with van der Waals surface area (Å²) in [5.74, 6) is -2.72. The third kappa shape index (κ3) is 2.13. The van der Waals surface area contributed by atoms with Gasteiger partial charge in [0.1, 0.15) is 11.6 Å². The minimum absolute atomic E-state index is 0.0110. The molecule has 2 aromatic rings. The van der Waals surface area contributed by atoms with Crippen molar-refractivity contribution in [2.75, 3.05) is 0 Å². The zero-order valence-corrected chi connectivity index (χ0v) is 8.52. The van der Waals surface area contributed by atoms with Gasteiger partial charge in [-0.1, -0.05) is 0 Å². The van der Waals surface area contributed by atoms with Crippen molar-refractivity contribution >= 4 is 5.97 Å². The second kappa shape index (κ2) is 4.29. The summed E-state index contributed by atoms with van der Waals surface area (Å²) >= 11 is 0. The lowest BCUT2D eigenvalue weighted by Gasteiger charge is -2.06. The largest absolute Gasteiger partial charge is 0.478 e. The van der Waals surface area contributed by atoms with Crippen molar-refractivity contribution in [3.05, 3.63) is 53.9 Å². The Morgan fingerprint density at radius 1 is 1.18 bits per heavy atom. The monoisotopic (exact) mass is 235 g/mol. The number of hydrogen-bond acceptors (Lipinski definition) is 2. The highest BCUT2D eigenvalue weighted by Crippen LogP contribution is 2.26. The molecule has 0 aliphatic heterocycles. The summed E-state index contributed by atoms with van der Waals surface area (Å²) in [6.45, 7) is 0. The normalized spacial score (nSPS) is 10.2. The van der Waals surface area contributed by atoms with Crippen LogP contribution in [0.3, 0.4) is 0 Å². The summed E-state index contributed by atoms with van der Waals surface area (Å²) in [5, 5.41) is 8.95. The van der Waals surface area contributed by atoms with E-state index in [1.165, 1.54) is 24.5 Å². The summed E-state index contributed by atoms with van der Waals surface area (Å²) in [7, 11) is 0. The molecule has 0 atom stereocenters. The molecule has 1 aromatic heterocycles. The third-order valence-corrected chi connectivity index (χ3v) is 2.27. The van der Waals surface area contributed by atoms with E-state index in [4.69, 9.17) is 5.11 Å². The van der Waals surface area contributed by atoms with Crippen LogP contribution in [0, 0.1) is 11.6 Å². The number of aromatic nitrogens is 1. The van der Waals surface area contributed by atoms with Gasteiger partial charge in [0, 0.05) is 29.6 Å². The second-order valence-electron chi connectivity index (χ2n) is 3.35. The van der Waals surface area contributed by atoms with Crippen molar-refractivity contribution in [1.82, 2.24) is 4.98 Å². The van der Waals surface area contributed by atoms with Crippen LogP contribution in [-0.4, -0.2) is 16.1 Å². The molecule has 0 saturated carbocycles. The zero-order valence-electron chi connectivity index (χ0n) is 8.52. The molecular formula is C12H7F2NO2. The van der Waals surface area contributed by atoms with Crippen LogP contribution in [0.25, 0.3) is 11.1 Å². The molecule has 0 saturated heterocycles. The number of pyridine rings is 1. The minimum atomic E-state index is -1.19. The molecule has 5 heteroatoms. The van der Waals surface area contributed by atoms with E-state index in [0.29, 0.717) is 6.07 Å². The lowest BCUT2D eigenvalue weighted by molar-refractivity contribution is 0.0697. The average Bonchev–Trinajstić information content (AvgIpc) is 2.29. The highest BCUT2D eigenvalue weighted by atomic mass is 19.1. The molecule has 0 amide bonds. The Kier molecular flexibility index (Phi) is 2.82. The Hall–Kier alpha value is -2.30. The molecular weight excluding hydrogens is 228 g/mol. The van der Waals surface area contributed by atoms with E-state index >= 15 is 0 Å². The first-order valence-electron chi connectivity index (χ1n) is 4.72. The Labute approximate surface area is 95.4 Å². The minimum Gasteiger partial charge on any atom is -0.478 e. The van der Waals surface area contributed by atoms with Gasteiger partial charge in [0.05, 0.1) is 5.56 Å². The molecule has 0 aliphatic carbocycles. The molecule has 0 spiro atoms. The Morgan fingerprint density at radius 3 is 2.59 bits per heavy atom. The molecule has 1 aromatic carbocycles. The van der Waals surface area contributed by atoms with Gasteiger partial charge in [0.25, 0.3) is 0 Å². The van der Waals surface area contributed by atoms with E-state index in [1.807, 2.05) is 0 Å². The molecule has 0 radical (unpaired) electrons. The van der Waals surface area contributed by atoms with Crippen molar-refractivity contribution in [3.63, 3.8) is 0 Å². The fraction of sp³-hybridized carbons (Fsp3) is 0. The van der Waals surface area contributed by atoms with E-state index in [9.17, 15) is 13.6 Å². The summed E-state index contributed by atoms with van der Waals surface area (Å²) in [6, 6.07) is 4.22. The smallest absolute Gasteiger partial charge is 0.336 e. The molecule has 0 aliphatic rings. The third-order valence-electron chi connectivity index (χ3n) is 2.27. The maximum atomic E-state index is 13.5. The lowest BCUT2D eigenvalue weighted by atomic mass is 10.0. The van der Waals surface area contributed by atoms with Gasteiger partial charge in [-0.15, -0.1) is 0 Å². The van der Waals surface area contributed by atoms with E-state index in [1.54, 1.807) is 0 Å². The lowest BCUT2D eigenvalue weighted by Crippen LogP contribution is -2.01. The molecule has 2 rings (SSSR count). The Bertz CT molecular complexity index is 584. The van der Waals surface area contributed by atoms with Gasteiger partial charge < -0.3 is 5.11 Å². The van der Waals surface area contributed by atoms with E-state index in [0.717, 1.165) is 6.07 Å². The number of carboxylic acid groups (broad SMARTS) is 1. The molecule has 3 nitrogen and oxygen atoms in total. The Morgan fingerprint density at radius 2 is 1.94 bits per heavy atom. The molecule has 1 heterocycles. The first-order chi connectivity index (χ1) is 8.09. The van der Waals surface area contributed by atoms with Gasteiger partial charge in [-0.05, 0) is 18.2 Å². The first-order valence-corrected chi connectivity index (χ1v) is 4.72. The van der Waals surface area contributed by atoms with Crippen molar-refractivity contribution in [2.45, 2.75) is 0 Å². The van der Waals surface area contributed by atoms with Crippen molar-refractivity contribution in [1.29, 1.82) is 0 Å². The van der Waals surface area contributed by atoms with Gasteiger partial charge in [0.15, 0.2) is 0 Å². The quantitative estimate of drug-likeness (QED) is 0.870. The van der Waals surface area contributed by atoms with Gasteiger partial charge >= 0.3 is 5.97 Å². The van der Waals surface area contributed by atoms with Gasteiger partial charge in [-0.25, -0.2) is 13.6 Å². The van der Waals surface area contributed by atoms with E-state index in [-0.39, 0.29) is 16.7 Å². The number of aromatic carboxylic acids is 1. The van der Waals surface area contributed by atoms with Gasteiger partial charge in [0.2, 0.25) is 0 Å². The van der Waals surface area contributed by atoms with Crippen LogP contribution in [0.5, 0.6) is 0 Å². The molecule has 0 unspecified atom stereocenters. The van der Waals surface area contributed by atoms with Crippen LogP contribution in [0.1, 0.15) is 10.4 Å². The molecule has 0 bridgehead atoms. The molecule has 86 valence electrons. The SMILES string of the molecule is O=C(O)c1ccncc1-c1ccc(F)cc1F. The Balaban J connectivity index is 2.64. The first kappa shape index (κ1) is 11.2. The van der Waals surface area contributed by atoms with Crippen molar-refractivity contribution in [3.8, 4) is 11.1 Å². The zero-order chi connectivity index (χ0) is 12.4. The van der Waals surface area contributed by atoms with Gasteiger partial charge in [-0.3, -0.25) is 4.98 Å². The van der Waals surface area contributed by atoms with Crippen LogP contribution in [0.15, 0.2) is 36.7 Å². The van der Waals surface area contributed by atoms with Crippen LogP contribution in [0.4, 0.5) is 8.78 Å². The van der Waals surface area contributed by atoms with Crippen LogP contribution >= 0.6 is 0 Å². The predicted molar refractivity (Wildman–Crippen MR) is 56.5 cm³/mol. The topological polar surface area (TPSA) is 50.2 Å². The summed E-state index contributed by atoms with van der Waals surface area (Å²) in [6.07, 6.45) is 2.54. The van der Waals surface area contributed by atoms with Crippen LogP contribution in [0.2, 0.25) is 0 Å². The highest BCUT2D eigenvalue weighted by Gasteiger charge is 2.14. The van der Waals surface area contributed by atoms with Crippen molar-refractivity contribution in [2.24, 2.45) is 0 Å². The fourth-order valence-electron chi connectivity index (χ4n) is 1.50. The molecule has 17 heavy (non-hydrogen) atoms. The summed E-state index contributed by atoms with van der Waals surface area (Å²) in [5.41, 5.74) is 0.0555. The van der Waals surface area contributed by atoms with Crippen LogP contribution < -0.4 is 0 Å². The second-order valence-corrected chi connectivity index (χ2v) is 3.35. The van der Waals surface area contributed by atoms with E-state index in [2.05, 4.69) is 4.98 Å². The van der Waals surface area contributed by atoms with Gasteiger partial charge in [-0.2, -0.15) is 0 Å². The summed E-state index contributed by atoms with van der Waals surface area (Å²) in [4.78, 5) is 14.7. The molecule has 0 fully saturated rings. The summed E-state index contributed by atoms with van der Waals surface area (Å²) < 4.78 is 26.3. The number of nitrogens with zero attached hydrogens (tertiary/aromatic N) is 1. The molecule has 1 N–H and O–H groups in total. The highest BCUT2D eigenvalue weighted by molar-refractivity contribution is 5.95. The number of rotatable bonds is 2. The fourth-order valence-corrected chi connectivity index (χ4v) is 1.50. The maximum absolute atomic E-state index is 13.5. The number of carbonyl (C=O) groups is 1. The van der Waals surface area contributed by atoms with E-state index < -0.39 is 17.6 Å². The average molecular weight is 235 g/mol. The predicted octanol–water partition coefficient (Wildman–Crippen LogP) is 2.73.